The molecule has 0 fully saturated rings. The van der Waals surface area contributed by atoms with Crippen LogP contribution in [0.3, 0.4) is 0 Å². The van der Waals surface area contributed by atoms with E-state index in [1.54, 1.807) is 0 Å². The number of nitrogens with two attached hydrogens (primary N) is 1. The monoisotopic (exact) mass is 360 g/mol. The summed E-state index contributed by atoms with van der Waals surface area (Å²) in [7, 11) is 0. The van der Waals surface area contributed by atoms with Crippen molar-refractivity contribution in [2.75, 3.05) is 5.73 Å². The Hall–Kier alpha value is -3.52. The minimum absolute atomic E-state index is 0.0318. The molecule has 1 aromatic heterocycles. The van der Waals surface area contributed by atoms with Crippen LogP contribution >= 0.6 is 0 Å². The Morgan fingerprint density at radius 2 is 1.57 bits per heavy atom. The molecule has 1 unspecified atom stereocenters. The molecule has 2 aliphatic rings. The maximum absolute atomic E-state index is 6.25. The van der Waals surface area contributed by atoms with Gasteiger partial charge >= 0.3 is 0 Å². The number of benzene rings is 3. The Labute approximate surface area is 164 Å². The standard InChI is InChI=1S/C26H20N2/c27-19-14-18-15-23(28-25(18)21(16-19)17-8-2-1-3-9-17)24-20-10-4-5-11-22(20)26(24)12-6-7-13-26/h1-16,24,28H,27H2. The van der Waals surface area contributed by atoms with Gasteiger partial charge in [-0.15, -0.1) is 0 Å². The summed E-state index contributed by atoms with van der Waals surface area (Å²) >= 11 is 0. The van der Waals surface area contributed by atoms with Crippen LogP contribution in [0.15, 0.2) is 97.1 Å². The molecule has 0 radical (unpaired) electrons. The average Bonchev–Trinajstić information content (AvgIpc) is 3.37. The van der Waals surface area contributed by atoms with Gasteiger partial charge < -0.3 is 10.7 Å². The van der Waals surface area contributed by atoms with E-state index in [1.165, 1.54) is 27.8 Å². The zero-order valence-corrected chi connectivity index (χ0v) is 15.4. The zero-order valence-electron chi connectivity index (χ0n) is 15.4. The molecule has 6 rings (SSSR count). The van der Waals surface area contributed by atoms with Crippen LogP contribution in [0.25, 0.3) is 22.0 Å². The number of fused-ring (bicyclic) bond motifs is 3. The van der Waals surface area contributed by atoms with Crippen molar-refractivity contribution in [2.24, 2.45) is 0 Å². The number of rotatable bonds is 2. The first kappa shape index (κ1) is 15.5. The highest BCUT2D eigenvalue weighted by Gasteiger charge is 2.50. The molecule has 2 nitrogen and oxygen atoms in total. The highest BCUT2D eigenvalue weighted by atomic mass is 14.8. The van der Waals surface area contributed by atoms with Gasteiger partial charge in [0.15, 0.2) is 0 Å². The summed E-state index contributed by atoms with van der Waals surface area (Å²) in [6, 6.07) is 25.6. The fourth-order valence-electron chi connectivity index (χ4n) is 5.05. The van der Waals surface area contributed by atoms with Gasteiger partial charge in [0.25, 0.3) is 0 Å². The third-order valence-corrected chi connectivity index (χ3v) is 6.24. The van der Waals surface area contributed by atoms with Crippen LogP contribution in [-0.2, 0) is 5.41 Å². The normalized spacial score (nSPS) is 18.5. The second-order valence-corrected chi connectivity index (χ2v) is 7.79. The van der Waals surface area contributed by atoms with Gasteiger partial charge in [-0.25, -0.2) is 0 Å². The molecule has 0 aliphatic heterocycles. The zero-order chi connectivity index (χ0) is 18.7. The first-order valence-corrected chi connectivity index (χ1v) is 9.70. The molecule has 2 aliphatic carbocycles. The van der Waals surface area contributed by atoms with Crippen molar-refractivity contribution in [1.29, 1.82) is 0 Å². The van der Waals surface area contributed by atoms with E-state index >= 15 is 0 Å². The number of aromatic amines is 1. The van der Waals surface area contributed by atoms with Crippen LogP contribution in [-0.4, -0.2) is 4.98 Å². The first-order chi connectivity index (χ1) is 13.8. The molecule has 0 saturated heterocycles. The Kier molecular flexibility index (Phi) is 3.05. The summed E-state index contributed by atoms with van der Waals surface area (Å²) in [4.78, 5) is 3.76. The predicted molar refractivity (Wildman–Crippen MR) is 116 cm³/mol. The van der Waals surface area contributed by atoms with Crippen molar-refractivity contribution in [3.05, 3.63) is 114 Å². The lowest BCUT2D eigenvalue weighted by molar-refractivity contribution is 0.496. The summed E-state index contributed by atoms with van der Waals surface area (Å²) < 4.78 is 0. The number of nitrogen functional groups attached to an aromatic ring is 1. The van der Waals surface area contributed by atoms with Crippen LogP contribution in [0, 0.1) is 0 Å². The maximum atomic E-state index is 6.25. The summed E-state index contributed by atoms with van der Waals surface area (Å²) in [6.45, 7) is 0. The molecule has 2 heteroatoms. The Balaban J connectivity index is 1.57. The quantitative estimate of drug-likeness (QED) is 0.428. The summed E-state index contributed by atoms with van der Waals surface area (Å²) in [5.41, 5.74) is 14.6. The number of H-pyrrole nitrogens is 1. The summed E-state index contributed by atoms with van der Waals surface area (Å²) in [5, 5.41) is 1.17. The average molecular weight is 360 g/mol. The fraction of sp³-hybridized carbons (Fsp3) is 0.0769. The second-order valence-electron chi connectivity index (χ2n) is 7.79. The highest BCUT2D eigenvalue weighted by Crippen LogP contribution is 2.58. The van der Waals surface area contributed by atoms with Gasteiger partial charge in [0.1, 0.15) is 0 Å². The van der Waals surface area contributed by atoms with Crippen LogP contribution in [0.5, 0.6) is 0 Å². The van der Waals surface area contributed by atoms with E-state index in [0.29, 0.717) is 5.92 Å². The smallest absolute Gasteiger partial charge is 0.0537 e. The van der Waals surface area contributed by atoms with Crippen molar-refractivity contribution in [2.45, 2.75) is 11.3 Å². The van der Waals surface area contributed by atoms with E-state index in [4.69, 9.17) is 5.73 Å². The van der Waals surface area contributed by atoms with Crippen molar-refractivity contribution in [1.82, 2.24) is 4.98 Å². The summed E-state index contributed by atoms with van der Waals surface area (Å²) in [5.74, 6) is 0.302. The van der Waals surface area contributed by atoms with Gasteiger partial charge in [-0.3, -0.25) is 0 Å². The Morgan fingerprint density at radius 3 is 2.39 bits per heavy atom. The van der Waals surface area contributed by atoms with Crippen LogP contribution in [0.4, 0.5) is 5.69 Å². The molecular formula is C26H20N2. The minimum Gasteiger partial charge on any atom is -0.399 e. The van der Waals surface area contributed by atoms with Crippen LogP contribution in [0.2, 0.25) is 0 Å². The Bertz CT molecular complexity index is 1260. The van der Waals surface area contributed by atoms with E-state index in [2.05, 4.69) is 96.0 Å². The summed E-state index contributed by atoms with van der Waals surface area (Å²) in [6.07, 6.45) is 8.99. The van der Waals surface area contributed by atoms with Gasteiger partial charge in [0.2, 0.25) is 0 Å². The van der Waals surface area contributed by atoms with E-state index < -0.39 is 0 Å². The van der Waals surface area contributed by atoms with Crippen molar-refractivity contribution < 1.29 is 0 Å². The molecular weight excluding hydrogens is 340 g/mol. The van der Waals surface area contributed by atoms with E-state index in [-0.39, 0.29) is 5.41 Å². The molecule has 3 aromatic carbocycles. The van der Waals surface area contributed by atoms with Crippen LogP contribution in [0.1, 0.15) is 22.7 Å². The topological polar surface area (TPSA) is 41.8 Å². The van der Waals surface area contributed by atoms with Crippen LogP contribution < -0.4 is 5.73 Å². The molecule has 28 heavy (non-hydrogen) atoms. The molecule has 1 heterocycles. The maximum Gasteiger partial charge on any atom is 0.0537 e. The third kappa shape index (κ3) is 1.97. The number of allylic oxidation sites excluding steroid dienone is 4. The fourth-order valence-corrected chi connectivity index (χ4v) is 5.05. The lowest BCUT2D eigenvalue weighted by Crippen LogP contribution is -2.40. The molecule has 1 spiro atoms. The molecule has 0 bridgehead atoms. The Morgan fingerprint density at radius 1 is 0.821 bits per heavy atom. The van der Waals surface area contributed by atoms with Gasteiger partial charge in [-0.1, -0.05) is 78.9 Å². The number of hydrogen-bond acceptors (Lipinski definition) is 1. The predicted octanol–water partition coefficient (Wildman–Crippen LogP) is 5.93. The molecule has 0 saturated carbocycles. The van der Waals surface area contributed by atoms with E-state index in [0.717, 1.165) is 16.8 Å². The lowest BCUT2D eigenvalue weighted by Gasteiger charge is -2.46. The lowest BCUT2D eigenvalue weighted by atomic mass is 9.56. The molecule has 1 atom stereocenters. The first-order valence-electron chi connectivity index (χ1n) is 9.70. The molecule has 4 aromatic rings. The van der Waals surface area contributed by atoms with Crippen molar-refractivity contribution >= 4 is 16.6 Å². The van der Waals surface area contributed by atoms with Crippen molar-refractivity contribution in [3.63, 3.8) is 0 Å². The molecule has 0 amide bonds. The van der Waals surface area contributed by atoms with Gasteiger partial charge in [-0.2, -0.15) is 0 Å². The highest BCUT2D eigenvalue weighted by molar-refractivity contribution is 5.97. The minimum atomic E-state index is -0.0318. The number of hydrogen-bond donors (Lipinski definition) is 2. The van der Waals surface area contributed by atoms with Crippen molar-refractivity contribution in [3.8, 4) is 11.1 Å². The SMILES string of the molecule is Nc1cc(-c2ccccc2)c2[nH]c(C3c4ccccc4C34C=CC=C4)cc2c1. The largest absolute Gasteiger partial charge is 0.399 e. The number of nitrogens with one attached hydrogen (secondary N) is 1. The van der Waals surface area contributed by atoms with E-state index in [1.807, 2.05) is 6.07 Å². The van der Waals surface area contributed by atoms with Gasteiger partial charge in [-0.05, 0) is 34.9 Å². The molecule has 3 N–H and O–H groups in total. The van der Waals surface area contributed by atoms with E-state index in [9.17, 15) is 0 Å². The second kappa shape index (κ2) is 5.49. The number of anilines is 1. The van der Waals surface area contributed by atoms with Gasteiger partial charge in [0, 0.05) is 33.7 Å². The van der Waals surface area contributed by atoms with Gasteiger partial charge in [0.05, 0.1) is 5.52 Å². The molecule has 134 valence electrons. The number of aromatic nitrogens is 1. The third-order valence-electron chi connectivity index (χ3n) is 6.24.